The number of ketones is 1. The highest BCUT2D eigenvalue weighted by Gasteiger charge is 2.31. The van der Waals surface area contributed by atoms with Gasteiger partial charge in [-0.2, -0.15) is 4.31 Å². The maximum Gasteiger partial charge on any atom is 0.243 e. The number of benzene rings is 1. The standard InChI is InChI=1S/C18H24N4O4S/c1-12-7-13(2)11-22(10-12)27(24,25)16-6-4-5-15(8-16)17(23)9-19-18-14(3)20-26-21-18/h4-6,8,12-13H,7,9-11H2,1-3H3,(H,19,21). The van der Waals surface area contributed by atoms with Crippen molar-refractivity contribution >= 4 is 21.6 Å². The topological polar surface area (TPSA) is 105 Å². The number of carbonyl (C=O) groups excluding carboxylic acids is 1. The molecule has 2 heterocycles. The fourth-order valence-electron chi connectivity index (χ4n) is 3.44. The van der Waals surface area contributed by atoms with Crippen LogP contribution in [-0.2, 0) is 10.0 Å². The second kappa shape index (κ2) is 7.77. The molecule has 2 atom stereocenters. The summed E-state index contributed by atoms with van der Waals surface area (Å²) in [5.74, 6) is 0.784. The van der Waals surface area contributed by atoms with Crippen LogP contribution in [0.15, 0.2) is 33.8 Å². The number of aryl methyl sites for hydroxylation is 1. The number of hydrogen-bond acceptors (Lipinski definition) is 7. The number of aromatic nitrogens is 2. The summed E-state index contributed by atoms with van der Waals surface area (Å²) in [6.45, 7) is 6.80. The molecule has 0 radical (unpaired) electrons. The Hall–Kier alpha value is -2.26. The van der Waals surface area contributed by atoms with Gasteiger partial charge in [0.25, 0.3) is 0 Å². The third-order valence-corrected chi connectivity index (χ3v) is 6.53. The first-order valence-electron chi connectivity index (χ1n) is 8.94. The number of nitrogens with zero attached hydrogens (tertiary/aromatic N) is 3. The van der Waals surface area contributed by atoms with E-state index in [1.54, 1.807) is 19.1 Å². The summed E-state index contributed by atoms with van der Waals surface area (Å²) in [6.07, 6.45) is 1.02. The molecule has 2 unspecified atom stereocenters. The Labute approximate surface area is 159 Å². The number of hydrogen-bond donors (Lipinski definition) is 1. The monoisotopic (exact) mass is 392 g/mol. The van der Waals surface area contributed by atoms with Crippen LogP contribution in [0.4, 0.5) is 5.82 Å². The first-order chi connectivity index (χ1) is 12.8. The molecule has 8 nitrogen and oxygen atoms in total. The Balaban J connectivity index is 1.76. The minimum atomic E-state index is -3.63. The third kappa shape index (κ3) is 4.36. The fraction of sp³-hybridized carbons (Fsp3) is 0.500. The molecular formula is C18H24N4O4S. The molecule has 27 heavy (non-hydrogen) atoms. The van der Waals surface area contributed by atoms with Crippen LogP contribution in [-0.4, -0.2) is 48.5 Å². The Morgan fingerprint density at radius 2 is 1.96 bits per heavy atom. The minimum absolute atomic E-state index is 0.0314. The molecule has 0 saturated carbocycles. The molecule has 0 aliphatic carbocycles. The highest BCUT2D eigenvalue weighted by Crippen LogP contribution is 2.27. The number of carbonyl (C=O) groups is 1. The van der Waals surface area contributed by atoms with Gasteiger partial charge < -0.3 is 5.32 Å². The van der Waals surface area contributed by atoms with E-state index in [0.29, 0.717) is 42.0 Å². The maximum atomic E-state index is 13.0. The molecule has 0 bridgehead atoms. The molecule has 3 rings (SSSR count). The molecule has 1 aromatic heterocycles. The Morgan fingerprint density at radius 3 is 2.59 bits per heavy atom. The molecule has 1 aliphatic rings. The summed E-state index contributed by atoms with van der Waals surface area (Å²) in [7, 11) is -3.63. The number of rotatable bonds is 6. The second-order valence-electron chi connectivity index (χ2n) is 7.27. The van der Waals surface area contributed by atoms with Gasteiger partial charge in [-0.25, -0.2) is 13.0 Å². The predicted octanol–water partition coefficient (Wildman–Crippen LogP) is 2.34. The molecule has 1 fully saturated rings. The lowest BCUT2D eigenvalue weighted by atomic mass is 9.94. The van der Waals surface area contributed by atoms with Gasteiger partial charge in [-0.15, -0.1) is 0 Å². The average molecular weight is 392 g/mol. The third-order valence-electron chi connectivity index (χ3n) is 4.70. The van der Waals surface area contributed by atoms with Crippen molar-refractivity contribution in [3.8, 4) is 0 Å². The van der Waals surface area contributed by atoms with Crippen LogP contribution in [0.25, 0.3) is 0 Å². The van der Waals surface area contributed by atoms with Crippen LogP contribution in [0.3, 0.4) is 0 Å². The molecule has 0 amide bonds. The number of piperidine rings is 1. The summed E-state index contributed by atoms with van der Waals surface area (Å²) in [6, 6.07) is 6.19. The number of Topliss-reactive ketones (excluding diaryl/α,β-unsaturated/α-hetero) is 1. The molecule has 1 aliphatic heterocycles. The van der Waals surface area contributed by atoms with Gasteiger partial charge in [-0.05, 0) is 42.5 Å². The maximum absolute atomic E-state index is 13.0. The summed E-state index contributed by atoms with van der Waals surface area (Å²) in [4.78, 5) is 12.6. The highest BCUT2D eigenvalue weighted by molar-refractivity contribution is 7.89. The van der Waals surface area contributed by atoms with Crippen molar-refractivity contribution in [3.05, 3.63) is 35.5 Å². The van der Waals surface area contributed by atoms with Crippen molar-refractivity contribution in [2.45, 2.75) is 32.1 Å². The zero-order valence-electron chi connectivity index (χ0n) is 15.7. The van der Waals surface area contributed by atoms with Crippen LogP contribution in [0, 0.1) is 18.8 Å². The van der Waals surface area contributed by atoms with Gasteiger partial charge in [0.15, 0.2) is 11.6 Å². The van der Waals surface area contributed by atoms with Crippen LogP contribution < -0.4 is 5.32 Å². The van der Waals surface area contributed by atoms with E-state index in [-0.39, 0.29) is 17.2 Å². The second-order valence-corrected chi connectivity index (χ2v) is 9.21. The fourth-order valence-corrected chi connectivity index (χ4v) is 5.17. The van der Waals surface area contributed by atoms with Gasteiger partial charge in [0.2, 0.25) is 10.0 Å². The van der Waals surface area contributed by atoms with E-state index in [4.69, 9.17) is 0 Å². The lowest BCUT2D eigenvalue weighted by Gasteiger charge is -2.34. The quantitative estimate of drug-likeness (QED) is 0.752. The molecular weight excluding hydrogens is 368 g/mol. The van der Waals surface area contributed by atoms with Gasteiger partial charge in [0.1, 0.15) is 5.69 Å². The van der Waals surface area contributed by atoms with E-state index < -0.39 is 10.0 Å². The van der Waals surface area contributed by atoms with Crippen molar-refractivity contribution in [2.75, 3.05) is 25.0 Å². The molecule has 0 spiro atoms. The number of nitrogens with one attached hydrogen (secondary N) is 1. The average Bonchev–Trinajstić information content (AvgIpc) is 3.04. The molecule has 2 aromatic rings. The van der Waals surface area contributed by atoms with Crippen LogP contribution in [0.5, 0.6) is 0 Å². The zero-order chi connectivity index (χ0) is 19.6. The Kier molecular flexibility index (Phi) is 5.61. The largest absolute Gasteiger partial charge is 0.358 e. The smallest absolute Gasteiger partial charge is 0.243 e. The molecule has 1 saturated heterocycles. The normalized spacial score (nSPS) is 21.1. The first kappa shape index (κ1) is 19.5. The van der Waals surface area contributed by atoms with Crippen molar-refractivity contribution in [1.29, 1.82) is 0 Å². The zero-order valence-corrected chi connectivity index (χ0v) is 16.5. The van der Waals surface area contributed by atoms with E-state index in [1.807, 2.05) is 0 Å². The van der Waals surface area contributed by atoms with Gasteiger partial charge in [0.05, 0.1) is 11.4 Å². The minimum Gasteiger partial charge on any atom is -0.358 e. The van der Waals surface area contributed by atoms with E-state index in [1.165, 1.54) is 16.4 Å². The van der Waals surface area contributed by atoms with Crippen LogP contribution in [0.1, 0.15) is 36.3 Å². The van der Waals surface area contributed by atoms with Gasteiger partial charge in [-0.1, -0.05) is 31.1 Å². The number of sulfonamides is 1. The summed E-state index contributed by atoms with van der Waals surface area (Å²) >= 11 is 0. The summed E-state index contributed by atoms with van der Waals surface area (Å²) < 4.78 is 32.1. The van der Waals surface area contributed by atoms with Gasteiger partial charge in [-0.3, -0.25) is 4.79 Å². The summed E-state index contributed by atoms with van der Waals surface area (Å²) in [5, 5.41) is 10.1. The molecule has 146 valence electrons. The molecule has 1 N–H and O–H groups in total. The Bertz CT molecular complexity index is 915. The van der Waals surface area contributed by atoms with Crippen molar-refractivity contribution in [1.82, 2.24) is 14.6 Å². The predicted molar refractivity (Wildman–Crippen MR) is 100 cm³/mol. The van der Waals surface area contributed by atoms with E-state index >= 15 is 0 Å². The molecule has 9 heteroatoms. The SMILES string of the molecule is Cc1nonc1NCC(=O)c1cccc(S(=O)(=O)N2CC(C)CC(C)C2)c1. The Morgan fingerprint density at radius 1 is 1.26 bits per heavy atom. The van der Waals surface area contributed by atoms with Crippen molar-refractivity contribution in [2.24, 2.45) is 11.8 Å². The van der Waals surface area contributed by atoms with E-state index in [2.05, 4.69) is 34.1 Å². The number of anilines is 1. The van der Waals surface area contributed by atoms with E-state index in [9.17, 15) is 13.2 Å². The first-order valence-corrected chi connectivity index (χ1v) is 10.4. The van der Waals surface area contributed by atoms with Gasteiger partial charge >= 0.3 is 0 Å². The molecule has 1 aromatic carbocycles. The highest BCUT2D eigenvalue weighted by atomic mass is 32.2. The van der Waals surface area contributed by atoms with E-state index in [0.717, 1.165) is 6.42 Å². The van der Waals surface area contributed by atoms with Crippen molar-refractivity contribution < 1.29 is 17.8 Å². The van der Waals surface area contributed by atoms with Crippen LogP contribution in [0.2, 0.25) is 0 Å². The summed E-state index contributed by atoms with van der Waals surface area (Å²) in [5.41, 5.74) is 0.878. The van der Waals surface area contributed by atoms with Gasteiger partial charge in [0, 0.05) is 18.7 Å². The lowest BCUT2D eigenvalue weighted by Crippen LogP contribution is -2.42. The van der Waals surface area contributed by atoms with Crippen molar-refractivity contribution in [3.63, 3.8) is 0 Å². The van der Waals surface area contributed by atoms with Crippen LogP contribution >= 0.6 is 0 Å². The lowest BCUT2D eigenvalue weighted by molar-refractivity contribution is 0.101.